The molecule has 1 aliphatic heterocycles. The Balaban J connectivity index is 2.20. The highest BCUT2D eigenvalue weighted by atomic mass is 79.9. The highest BCUT2D eigenvalue weighted by molar-refractivity contribution is 9.10. The number of rotatable bonds is 1. The molecule has 1 aliphatic rings. The first-order valence-electron chi connectivity index (χ1n) is 6.27. The zero-order valence-corrected chi connectivity index (χ0v) is 12.3. The van der Waals surface area contributed by atoms with Gasteiger partial charge in [0.15, 0.2) is 0 Å². The van der Waals surface area contributed by atoms with E-state index in [0.717, 1.165) is 10.0 Å². The van der Waals surface area contributed by atoms with E-state index in [9.17, 15) is 13.2 Å². The lowest BCUT2D eigenvalue weighted by atomic mass is 9.85. The molecule has 3 rings (SSSR count). The number of benzene rings is 1. The Morgan fingerprint density at radius 2 is 2.10 bits per heavy atom. The van der Waals surface area contributed by atoms with Gasteiger partial charge >= 0.3 is 6.18 Å². The fourth-order valence-electron chi connectivity index (χ4n) is 2.74. The third kappa shape index (κ3) is 1.95. The Morgan fingerprint density at radius 1 is 1.35 bits per heavy atom. The number of aryl methyl sites for hydroxylation is 1. The number of H-pyrrole nitrogens is 1. The van der Waals surface area contributed by atoms with Crippen molar-refractivity contribution in [1.29, 1.82) is 0 Å². The number of hydrogen-bond acceptors (Lipinski definition) is 2. The normalized spacial score (nSPS) is 23.6. The van der Waals surface area contributed by atoms with E-state index in [2.05, 4.69) is 31.2 Å². The number of aromatic nitrogens is 2. The van der Waals surface area contributed by atoms with Gasteiger partial charge in [-0.2, -0.15) is 13.2 Å². The lowest BCUT2D eigenvalue weighted by Crippen LogP contribution is -2.45. The van der Waals surface area contributed by atoms with E-state index in [1.54, 1.807) is 6.07 Å². The van der Waals surface area contributed by atoms with Crippen LogP contribution in [0.2, 0.25) is 0 Å². The lowest BCUT2D eigenvalue weighted by Gasteiger charge is -2.28. The van der Waals surface area contributed by atoms with Crippen LogP contribution in [0, 0.1) is 6.92 Å². The fourth-order valence-corrected chi connectivity index (χ4v) is 3.32. The van der Waals surface area contributed by atoms with Crippen LogP contribution in [0.15, 0.2) is 16.6 Å². The molecule has 7 heteroatoms. The molecule has 0 amide bonds. The molecule has 0 radical (unpaired) electrons. The predicted molar refractivity (Wildman–Crippen MR) is 73.8 cm³/mol. The van der Waals surface area contributed by atoms with Crippen LogP contribution < -0.4 is 5.32 Å². The van der Waals surface area contributed by atoms with Crippen molar-refractivity contribution < 1.29 is 13.2 Å². The van der Waals surface area contributed by atoms with Gasteiger partial charge in [-0.25, -0.2) is 4.98 Å². The number of alkyl halides is 3. The molecule has 1 saturated heterocycles. The summed E-state index contributed by atoms with van der Waals surface area (Å²) in [7, 11) is 0. The topological polar surface area (TPSA) is 40.7 Å². The molecule has 1 unspecified atom stereocenters. The summed E-state index contributed by atoms with van der Waals surface area (Å²) in [5, 5.41) is 2.80. The summed E-state index contributed by atoms with van der Waals surface area (Å²) in [4.78, 5) is 7.10. The maximum Gasteiger partial charge on any atom is 0.402 e. The van der Waals surface area contributed by atoms with Gasteiger partial charge in [0.05, 0.1) is 11.0 Å². The first kappa shape index (κ1) is 13.9. The van der Waals surface area contributed by atoms with Crippen molar-refractivity contribution in [3.05, 3.63) is 28.0 Å². The Kier molecular flexibility index (Phi) is 3.10. The number of fused-ring (bicyclic) bond motifs is 1. The minimum absolute atomic E-state index is 0.00574. The number of nitrogens with one attached hydrogen (secondary N) is 2. The summed E-state index contributed by atoms with van der Waals surface area (Å²) in [6, 6.07) is 3.60. The average molecular weight is 348 g/mol. The highest BCUT2D eigenvalue weighted by Crippen LogP contribution is 2.44. The average Bonchev–Trinajstić information content (AvgIpc) is 2.92. The van der Waals surface area contributed by atoms with Crippen molar-refractivity contribution in [2.45, 2.75) is 24.9 Å². The molecule has 20 heavy (non-hydrogen) atoms. The largest absolute Gasteiger partial charge is 0.402 e. The Morgan fingerprint density at radius 3 is 2.70 bits per heavy atom. The number of nitrogens with zero attached hydrogens (tertiary/aromatic N) is 1. The molecular weight excluding hydrogens is 335 g/mol. The van der Waals surface area contributed by atoms with Gasteiger partial charge in [-0.1, -0.05) is 15.9 Å². The first-order valence-corrected chi connectivity index (χ1v) is 7.07. The standard InChI is InChI=1S/C13H13BrF3N3/c1-7-4-8(14)5-9-10(7)20-11(19-9)12(13(15,16)17)2-3-18-6-12/h4-5,18H,2-3,6H2,1H3,(H,19,20). The molecule has 0 spiro atoms. The van der Waals surface area contributed by atoms with Crippen molar-refractivity contribution in [1.82, 2.24) is 15.3 Å². The van der Waals surface area contributed by atoms with Crippen LogP contribution in [-0.2, 0) is 5.41 Å². The molecule has 1 aromatic heterocycles. The van der Waals surface area contributed by atoms with Crippen LogP contribution >= 0.6 is 15.9 Å². The van der Waals surface area contributed by atoms with Crippen molar-refractivity contribution in [3.8, 4) is 0 Å². The molecule has 0 saturated carbocycles. The van der Waals surface area contributed by atoms with Gasteiger partial charge in [0, 0.05) is 11.0 Å². The molecule has 3 nitrogen and oxygen atoms in total. The van der Waals surface area contributed by atoms with Gasteiger partial charge in [0.25, 0.3) is 0 Å². The zero-order valence-electron chi connectivity index (χ0n) is 10.7. The van der Waals surface area contributed by atoms with E-state index >= 15 is 0 Å². The van der Waals surface area contributed by atoms with Crippen LogP contribution in [0.5, 0.6) is 0 Å². The Labute approximate surface area is 122 Å². The van der Waals surface area contributed by atoms with E-state index in [0.29, 0.717) is 17.6 Å². The van der Waals surface area contributed by atoms with Crippen LogP contribution in [0.3, 0.4) is 0 Å². The smallest absolute Gasteiger partial charge is 0.341 e. The van der Waals surface area contributed by atoms with Gasteiger partial charge in [-0.3, -0.25) is 0 Å². The van der Waals surface area contributed by atoms with Crippen LogP contribution in [0.25, 0.3) is 11.0 Å². The second-order valence-corrected chi connectivity index (χ2v) is 6.13. The number of aromatic amines is 1. The summed E-state index contributed by atoms with van der Waals surface area (Å²) < 4.78 is 41.3. The third-order valence-corrected chi connectivity index (χ3v) is 4.35. The number of halogens is 4. The second-order valence-electron chi connectivity index (χ2n) is 5.21. The fraction of sp³-hybridized carbons (Fsp3) is 0.462. The summed E-state index contributed by atoms with van der Waals surface area (Å²) in [5.41, 5.74) is 0.159. The zero-order chi connectivity index (χ0) is 14.5. The molecule has 1 fully saturated rings. The van der Waals surface area contributed by atoms with E-state index < -0.39 is 11.6 Å². The summed E-state index contributed by atoms with van der Waals surface area (Å²) in [6.45, 7) is 2.06. The monoisotopic (exact) mass is 347 g/mol. The van der Waals surface area contributed by atoms with Crippen molar-refractivity contribution in [3.63, 3.8) is 0 Å². The van der Waals surface area contributed by atoms with Gasteiger partial charge in [0.2, 0.25) is 0 Å². The van der Waals surface area contributed by atoms with Gasteiger partial charge in [-0.15, -0.1) is 0 Å². The summed E-state index contributed by atoms with van der Waals surface area (Å²) >= 11 is 3.35. The van der Waals surface area contributed by atoms with Gasteiger partial charge in [0.1, 0.15) is 11.2 Å². The third-order valence-electron chi connectivity index (χ3n) is 3.89. The van der Waals surface area contributed by atoms with Crippen molar-refractivity contribution in [2.75, 3.05) is 13.1 Å². The minimum atomic E-state index is -4.32. The highest BCUT2D eigenvalue weighted by Gasteiger charge is 2.59. The molecule has 2 aromatic rings. The van der Waals surface area contributed by atoms with Crippen LogP contribution in [0.4, 0.5) is 13.2 Å². The van der Waals surface area contributed by atoms with E-state index in [-0.39, 0.29) is 18.8 Å². The maximum atomic E-state index is 13.5. The summed E-state index contributed by atoms with van der Waals surface area (Å²) in [6.07, 6.45) is -4.31. The maximum absolute atomic E-state index is 13.5. The van der Waals surface area contributed by atoms with Crippen molar-refractivity contribution >= 4 is 27.0 Å². The van der Waals surface area contributed by atoms with Crippen LogP contribution in [0.1, 0.15) is 17.8 Å². The minimum Gasteiger partial charge on any atom is -0.341 e. The molecule has 1 atom stereocenters. The molecule has 108 valence electrons. The Bertz CT molecular complexity index is 657. The molecule has 2 N–H and O–H groups in total. The molecule has 0 bridgehead atoms. The second kappa shape index (κ2) is 4.46. The number of hydrogen-bond donors (Lipinski definition) is 2. The predicted octanol–water partition coefficient (Wildman–Crippen LogP) is 3.43. The molecule has 0 aliphatic carbocycles. The van der Waals surface area contributed by atoms with Gasteiger partial charge < -0.3 is 10.3 Å². The molecular formula is C13H13BrF3N3. The Hall–Kier alpha value is -1.08. The van der Waals surface area contributed by atoms with Gasteiger partial charge in [-0.05, 0) is 37.6 Å². The quantitative estimate of drug-likeness (QED) is 0.829. The number of imidazole rings is 1. The van der Waals surface area contributed by atoms with Crippen LogP contribution in [-0.4, -0.2) is 29.2 Å². The van der Waals surface area contributed by atoms with Crippen molar-refractivity contribution in [2.24, 2.45) is 0 Å². The molecule has 2 heterocycles. The van der Waals surface area contributed by atoms with E-state index in [1.165, 1.54) is 0 Å². The van der Waals surface area contributed by atoms with E-state index in [1.807, 2.05) is 13.0 Å². The lowest BCUT2D eigenvalue weighted by molar-refractivity contribution is -0.186. The summed E-state index contributed by atoms with van der Waals surface area (Å²) in [5.74, 6) is 0.00574. The SMILES string of the molecule is Cc1cc(Br)cc2[nH]c(C3(C(F)(F)F)CCNC3)nc12. The molecule has 1 aromatic carbocycles. The van der Waals surface area contributed by atoms with E-state index in [4.69, 9.17) is 0 Å². The first-order chi connectivity index (χ1) is 9.33.